The van der Waals surface area contributed by atoms with Gasteiger partial charge in [0.25, 0.3) is 0 Å². The van der Waals surface area contributed by atoms with Crippen LogP contribution in [0, 0.1) is 11.3 Å². The summed E-state index contributed by atoms with van der Waals surface area (Å²) in [6.45, 7) is 8.75. The average Bonchev–Trinajstić information content (AvgIpc) is 2.50. The molecule has 1 atom stereocenters. The third-order valence-corrected chi connectivity index (χ3v) is 2.87. The van der Waals surface area contributed by atoms with Gasteiger partial charge in [0.2, 0.25) is 5.96 Å². The van der Waals surface area contributed by atoms with Gasteiger partial charge in [0.15, 0.2) is 0 Å². The number of likely N-dealkylation sites (tertiary alicyclic amines) is 1. The predicted octanol–water partition coefficient (Wildman–Crippen LogP) is 0.543. The van der Waals surface area contributed by atoms with Gasteiger partial charge in [-0.1, -0.05) is 20.8 Å². The first-order valence-electron chi connectivity index (χ1n) is 4.73. The van der Waals surface area contributed by atoms with E-state index in [1.54, 1.807) is 0 Å². The van der Waals surface area contributed by atoms with Crippen LogP contribution in [-0.4, -0.2) is 23.9 Å². The molecule has 4 heteroatoms. The Morgan fingerprint density at radius 3 is 2.46 bits per heavy atom. The summed E-state index contributed by atoms with van der Waals surface area (Å²) in [5.74, 6) is 6.28. The molecule has 1 fully saturated rings. The van der Waals surface area contributed by atoms with E-state index in [4.69, 9.17) is 11.6 Å². The minimum atomic E-state index is 0.351. The van der Waals surface area contributed by atoms with Gasteiger partial charge in [-0.2, -0.15) is 0 Å². The largest absolute Gasteiger partial charge is 0.368 e. The molecule has 1 aliphatic heterocycles. The Labute approximate surface area is 80.0 Å². The van der Waals surface area contributed by atoms with Crippen molar-refractivity contribution in [1.29, 1.82) is 0 Å². The van der Waals surface area contributed by atoms with Gasteiger partial charge in [0, 0.05) is 13.1 Å². The zero-order chi connectivity index (χ0) is 10.1. The molecule has 4 N–H and O–H groups in total. The van der Waals surface area contributed by atoms with Gasteiger partial charge in [-0.05, 0) is 17.8 Å². The number of hydrogen-bond donors (Lipinski definition) is 2. The highest BCUT2D eigenvalue weighted by atomic mass is 15.3. The fourth-order valence-corrected chi connectivity index (χ4v) is 1.76. The second-order valence-corrected chi connectivity index (χ2v) is 4.78. The van der Waals surface area contributed by atoms with Crippen molar-refractivity contribution in [2.24, 2.45) is 28.0 Å². The molecule has 0 saturated carbocycles. The molecule has 13 heavy (non-hydrogen) atoms. The molecule has 0 aliphatic carbocycles. The van der Waals surface area contributed by atoms with E-state index < -0.39 is 0 Å². The number of nitrogens with zero attached hydrogens (tertiary/aromatic N) is 2. The molecule has 4 nitrogen and oxygen atoms in total. The Bertz CT molecular complexity index is 204. The first kappa shape index (κ1) is 10.2. The molecular formula is C9H20N4. The number of guanidine groups is 1. The SMILES string of the molecule is CC(C)(C)C1CCN(C(N)=NN)C1. The van der Waals surface area contributed by atoms with Gasteiger partial charge >= 0.3 is 0 Å². The van der Waals surface area contributed by atoms with E-state index in [9.17, 15) is 0 Å². The van der Waals surface area contributed by atoms with E-state index in [-0.39, 0.29) is 0 Å². The molecule has 0 spiro atoms. The van der Waals surface area contributed by atoms with Crippen LogP contribution in [0.5, 0.6) is 0 Å². The van der Waals surface area contributed by atoms with Crippen LogP contribution in [-0.2, 0) is 0 Å². The lowest BCUT2D eigenvalue weighted by Crippen LogP contribution is -2.37. The summed E-state index contributed by atoms with van der Waals surface area (Å²) in [6, 6.07) is 0. The summed E-state index contributed by atoms with van der Waals surface area (Å²) >= 11 is 0. The van der Waals surface area contributed by atoms with Crippen LogP contribution in [0.4, 0.5) is 0 Å². The Hall–Kier alpha value is -0.930. The topological polar surface area (TPSA) is 67.6 Å². The van der Waals surface area contributed by atoms with Crippen LogP contribution in [0.1, 0.15) is 27.2 Å². The quantitative estimate of drug-likeness (QED) is 0.250. The van der Waals surface area contributed by atoms with Crippen molar-refractivity contribution in [1.82, 2.24) is 4.90 Å². The van der Waals surface area contributed by atoms with Gasteiger partial charge in [-0.25, -0.2) is 0 Å². The number of hydrogen-bond acceptors (Lipinski definition) is 2. The molecule has 0 bridgehead atoms. The summed E-state index contributed by atoms with van der Waals surface area (Å²) in [5, 5.41) is 3.51. The monoisotopic (exact) mass is 184 g/mol. The van der Waals surface area contributed by atoms with Crippen LogP contribution < -0.4 is 11.6 Å². The Kier molecular flexibility index (Phi) is 2.68. The van der Waals surface area contributed by atoms with Crippen molar-refractivity contribution in [2.45, 2.75) is 27.2 Å². The zero-order valence-electron chi connectivity index (χ0n) is 8.75. The summed E-state index contributed by atoms with van der Waals surface area (Å²) in [5.41, 5.74) is 5.99. The Balaban J connectivity index is 2.55. The maximum absolute atomic E-state index is 5.63. The normalized spacial score (nSPS) is 25.3. The van der Waals surface area contributed by atoms with Crippen LogP contribution in [0.25, 0.3) is 0 Å². The maximum Gasteiger partial charge on any atom is 0.213 e. The fourth-order valence-electron chi connectivity index (χ4n) is 1.76. The van der Waals surface area contributed by atoms with Gasteiger partial charge in [-0.3, -0.25) is 0 Å². The highest BCUT2D eigenvalue weighted by molar-refractivity contribution is 5.77. The van der Waals surface area contributed by atoms with Gasteiger partial charge in [0.05, 0.1) is 0 Å². The van der Waals surface area contributed by atoms with Crippen molar-refractivity contribution in [3.63, 3.8) is 0 Å². The first-order valence-corrected chi connectivity index (χ1v) is 4.73. The molecule has 1 unspecified atom stereocenters. The number of hydrazone groups is 1. The molecule has 76 valence electrons. The summed E-state index contributed by atoms with van der Waals surface area (Å²) in [6.07, 6.45) is 1.18. The summed E-state index contributed by atoms with van der Waals surface area (Å²) < 4.78 is 0. The Morgan fingerprint density at radius 1 is 1.46 bits per heavy atom. The molecule has 1 saturated heterocycles. The summed E-state index contributed by atoms with van der Waals surface area (Å²) in [4.78, 5) is 2.05. The van der Waals surface area contributed by atoms with E-state index in [0.29, 0.717) is 17.3 Å². The standard InChI is InChI=1S/C9H20N4/c1-9(2,3)7-4-5-13(6-7)8(10)12-11/h7H,4-6,11H2,1-3H3,(H2,10,12). The molecule has 0 aromatic carbocycles. The van der Waals surface area contributed by atoms with Crippen molar-refractivity contribution >= 4 is 5.96 Å². The highest BCUT2D eigenvalue weighted by Crippen LogP contribution is 2.33. The van der Waals surface area contributed by atoms with Crippen molar-refractivity contribution in [2.75, 3.05) is 13.1 Å². The van der Waals surface area contributed by atoms with Crippen molar-refractivity contribution in [3.05, 3.63) is 0 Å². The molecule has 1 aliphatic rings. The van der Waals surface area contributed by atoms with E-state index in [0.717, 1.165) is 13.1 Å². The van der Waals surface area contributed by atoms with Crippen LogP contribution in [0.3, 0.4) is 0 Å². The second kappa shape index (κ2) is 3.44. The van der Waals surface area contributed by atoms with E-state index in [1.165, 1.54) is 6.42 Å². The molecule has 0 aromatic heterocycles. The average molecular weight is 184 g/mol. The molecule has 0 amide bonds. The highest BCUT2D eigenvalue weighted by Gasteiger charge is 2.32. The molecule has 1 rings (SSSR count). The number of nitrogens with two attached hydrogens (primary N) is 2. The van der Waals surface area contributed by atoms with Crippen molar-refractivity contribution in [3.8, 4) is 0 Å². The van der Waals surface area contributed by atoms with E-state index in [1.807, 2.05) is 0 Å². The molecule has 0 aromatic rings. The van der Waals surface area contributed by atoms with E-state index >= 15 is 0 Å². The van der Waals surface area contributed by atoms with Crippen LogP contribution >= 0.6 is 0 Å². The molecule has 0 radical (unpaired) electrons. The van der Waals surface area contributed by atoms with Gasteiger partial charge < -0.3 is 16.5 Å². The third kappa shape index (κ3) is 2.26. The lowest BCUT2D eigenvalue weighted by molar-refractivity contribution is 0.250. The number of rotatable bonds is 0. The fraction of sp³-hybridized carbons (Fsp3) is 0.889. The maximum atomic E-state index is 5.63. The van der Waals surface area contributed by atoms with E-state index in [2.05, 4.69) is 30.8 Å². The Morgan fingerprint density at radius 2 is 2.08 bits per heavy atom. The minimum Gasteiger partial charge on any atom is -0.368 e. The first-order chi connectivity index (χ1) is 5.95. The summed E-state index contributed by atoms with van der Waals surface area (Å²) in [7, 11) is 0. The van der Waals surface area contributed by atoms with Crippen LogP contribution in [0.15, 0.2) is 5.10 Å². The van der Waals surface area contributed by atoms with Crippen molar-refractivity contribution < 1.29 is 0 Å². The molecular weight excluding hydrogens is 164 g/mol. The van der Waals surface area contributed by atoms with Crippen LogP contribution in [0.2, 0.25) is 0 Å². The lowest BCUT2D eigenvalue weighted by Gasteiger charge is -2.27. The predicted molar refractivity (Wildman–Crippen MR) is 54.9 cm³/mol. The zero-order valence-corrected chi connectivity index (χ0v) is 8.75. The van der Waals surface area contributed by atoms with Gasteiger partial charge in [0.1, 0.15) is 0 Å². The van der Waals surface area contributed by atoms with Gasteiger partial charge in [-0.15, -0.1) is 5.10 Å². The lowest BCUT2D eigenvalue weighted by atomic mass is 9.80. The third-order valence-electron chi connectivity index (χ3n) is 2.87. The minimum absolute atomic E-state index is 0.351. The second-order valence-electron chi connectivity index (χ2n) is 4.78. The smallest absolute Gasteiger partial charge is 0.213 e. The molecule has 1 heterocycles.